The minimum absolute atomic E-state index is 0.168. The van der Waals surface area contributed by atoms with Gasteiger partial charge in [0.15, 0.2) is 0 Å². The van der Waals surface area contributed by atoms with Gasteiger partial charge in [0, 0.05) is 29.7 Å². The van der Waals surface area contributed by atoms with Crippen LogP contribution in [0.3, 0.4) is 0 Å². The molecule has 3 aliphatic rings. The molecule has 0 amide bonds. The van der Waals surface area contributed by atoms with Crippen LogP contribution in [0.4, 0.5) is 22.7 Å². The van der Waals surface area contributed by atoms with Gasteiger partial charge in [0.2, 0.25) is 0 Å². The molecule has 0 aromatic heterocycles. The summed E-state index contributed by atoms with van der Waals surface area (Å²) in [6.07, 6.45) is 4.72. The molecule has 0 heterocycles. The number of nitrogens with zero attached hydrogens (tertiary/aromatic N) is 4. The van der Waals surface area contributed by atoms with Crippen molar-refractivity contribution in [1.82, 2.24) is 0 Å². The Hall–Kier alpha value is -5.54. The fourth-order valence-corrected chi connectivity index (χ4v) is 8.45. The van der Waals surface area contributed by atoms with E-state index in [1.165, 1.54) is 0 Å². The number of allylic oxidation sites excluding steroid dienone is 2. The summed E-state index contributed by atoms with van der Waals surface area (Å²) in [5, 5.41) is 45.7. The van der Waals surface area contributed by atoms with Crippen LogP contribution in [0.25, 0.3) is 0 Å². The number of esters is 2. The molecule has 5 rings (SSSR count). The molecule has 2 atom stereocenters. The molecule has 2 aromatic rings. The highest BCUT2D eigenvalue weighted by Gasteiger charge is 2.58. The smallest absolute Gasteiger partial charge is 0.338 e. The van der Waals surface area contributed by atoms with E-state index in [0.717, 1.165) is 59.5 Å². The lowest BCUT2D eigenvalue weighted by molar-refractivity contribution is -0.394. The maximum absolute atomic E-state index is 13.4. The van der Waals surface area contributed by atoms with E-state index < -0.39 is 65.2 Å². The number of hydrogen-bond acceptors (Lipinski definition) is 12. The van der Waals surface area contributed by atoms with Gasteiger partial charge in [0.1, 0.15) is 13.2 Å². The number of fused-ring (bicyclic) bond motifs is 4. The summed E-state index contributed by atoms with van der Waals surface area (Å²) in [6.45, 7) is 9.84. The number of nitro groups is 4. The van der Waals surface area contributed by atoms with Gasteiger partial charge in [-0.15, -0.1) is 0 Å². The molecule has 258 valence electrons. The van der Waals surface area contributed by atoms with Crippen LogP contribution in [0.1, 0.15) is 81.0 Å². The van der Waals surface area contributed by atoms with Gasteiger partial charge in [-0.3, -0.25) is 40.5 Å². The Morgan fingerprint density at radius 3 is 1.57 bits per heavy atom. The second-order valence-corrected chi connectivity index (χ2v) is 14.9. The second kappa shape index (κ2) is 11.9. The Balaban J connectivity index is 1.54. The van der Waals surface area contributed by atoms with Crippen LogP contribution in [0, 0.1) is 62.1 Å². The highest BCUT2D eigenvalue weighted by molar-refractivity contribution is 5.92. The van der Waals surface area contributed by atoms with Crippen LogP contribution >= 0.6 is 0 Å². The Bertz CT molecular complexity index is 1850. The van der Waals surface area contributed by atoms with Crippen LogP contribution in [0.15, 0.2) is 59.2 Å². The lowest BCUT2D eigenvalue weighted by atomic mass is 9.49. The standard InChI is InChI=1S/C33H34N4O12/c1-30(2)15-32(5)13-21-12-31(3,4)26(14-48-28(38)19-6-22(34(40)41)10-23(7-19)35(42)43)27(21)33(16-30,17-32)18-49-29(39)20-8-24(36(44)45)11-25(9-20)37(46)47/h6-11,13H,12,14-18H2,1-5H3/t32-,33-/m1/s1. The zero-order valence-corrected chi connectivity index (χ0v) is 27.5. The first kappa shape index (κ1) is 34.8. The number of nitro benzene ring substituents is 4. The van der Waals surface area contributed by atoms with Crippen molar-refractivity contribution >= 4 is 34.7 Å². The Kier molecular flexibility index (Phi) is 8.42. The van der Waals surface area contributed by atoms with Gasteiger partial charge in [-0.25, -0.2) is 9.59 Å². The van der Waals surface area contributed by atoms with Crippen molar-refractivity contribution in [3.8, 4) is 0 Å². The van der Waals surface area contributed by atoms with Crippen LogP contribution in [-0.4, -0.2) is 44.8 Å². The molecule has 1 saturated carbocycles. The second-order valence-electron chi connectivity index (χ2n) is 14.9. The topological polar surface area (TPSA) is 225 Å². The third-order valence-corrected chi connectivity index (χ3v) is 9.51. The molecule has 0 unspecified atom stereocenters. The van der Waals surface area contributed by atoms with Gasteiger partial charge in [-0.05, 0) is 58.6 Å². The first-order valence-electron chi connectivity index (χ1n) is 15.3. The number of hydrogen-bond donors (Lipinski definition) is 0. The minimum atomic E-state index is -0.995. The molecule has 16 nitrogen and oxygen atoms in total. The van der Waals surface area contributed by atoms with Crippen molar-refractivity contribution in [1.29, 1.82) is 0 Å². The summed E-state index contributed by atoms with van der Waals surface area (Å²) in [5.41, 5.74) is -2.59. The molecular weight excluding hydrogens is 644 g/mol. The first-order chi connectivity index (χ1) is 22.6. The molecular formula is C33H34N4O12. The molecule has 2 bridgehead atoms. The lowest BCUT2D eigenvalue weighted by Gasteiger charge is -2.56. The molecule has 3 aliphatic carbocycles. The summed E-state index contributed by atoms with van der Waals surface area (Å²) in [4.78, 5) is 68.9. The molecule has 49 heavy (non-hydrogen) atoms. The van der Waals surface area contributed by atoms with E-state index in [9.17, 15) is 50.0 Å². The molecule has 2 aromatic carbocycles. The van der Waals surface area contributed by atoms with Gasteiger partial charge >= 0.3 is 11.9 Å². The van der Waals surface area contributed by atoms with Gasteiger partial charge in [-0.1, -0.05) is 40.7 Å². The minimum Gasteiger partial charge on any atom is -0.461 e. The molecule has 1 fully saturated rings. The van der Waals surface area contributed by atoms with E-state index in [2.05, 4.69) is 26.8 Å². The summed E-state index contributed by atoms with van der Waals surface area (Å²) in [7, 11) is 0. The third-order valence-electron chi connectivity index (χ3n) is 9.51. The normalized spacial score (nSPS) is 23.2. The number of carbonyl (C=O) groups excluding carboxylic acids is 2. The highest BCUT2D eigenvalue weighted by atomic mass is 16.6. The summed E-state index contributed by atoms with van der Waals surface area (Å²) >= 11 is 0. The van der Waals surface area contributed by atoms with Crippen molar-refractivity contribution in [2.75, 3.05) is 13.2 Å². The molecule has 0 saturated heterocycles. The zero-order valence-electron chi connectivity index (χ0n) is 27.5. The van der Waals surface area contributed by atoms with Crippen LogP contribution in [0.5, 0.6) is 0 Å². The summed E-state index contributed by atoms with van der Waals surface area (Å²) < 4.78 is 11.5. The summed E-state index contributed by atoms with van der Waals surface area (Å²) in [5.74, 6) is -1.97. The SMILES string of the molecule is CC1(C)C[C@@]2(C)C=C3CC(C)(C)C(COC(=O)c4cc([N+](=O)[O-])cc([N+](=O)[O-])c4)=C3[C@](COC(=O)c3cc([N+](=O)[O-])cc([N+](=O)[O-])c3)(C1)C2. The van der Waals surface area contributed by atoms with Gasteiger partial charge < -0.3 is 9.47 Å². The van der Waals surface area contributed by atoms with Gasteiger partial charge in [-0.2, -0.15) is 0 Å². The number of rotatable bonds is 10. The average molecular weight is 679 g/mol. The highest BCUT2D eigenvalue weighted by Crippen LogP contribution is 2.67. The molecule has 0 spiro atoms. The van der Waals surface area contributed by atoms with E-state index in [4.69, 9.17) is 9.47 Å². The van der Waals surface area contributed by atoms with Crippen molar-refractivity contribution in [3.63, 3.8) is 0 Å². The molecule has 0 radical (unpaired) electrons. The van der Waals surface area contributed by atoms with Crippen molar-refractivity contribution < 1.29 is 38.8 Å². The fraction of sp³-hybridized carbons (Fsp3) is 0.455. The van der Waals surface area contributed by atoms with Crippen molar-refractivity contribution in [3.05, 3.63) is 111 Å². The Morgan fingerprint density at radius 2 is 1.12 bits per heavy atom. The van der Waals surface area contributed by atoms with Crippen molar-refractivity contribution in [2.24, 2.45) is 21.7 Å². The van der Waals surface area contributed by atoms with Crippen LogP contribution < -0.4 is 0 Å². The number of carbonyl (C=O) groups is 2. The third kappa shape index (κ3) is 6.75. The largest absolute Gasteiger partial charge is 0.461 e. The summed E-state index contributed by atoms with van der Waals surface area (Å²) in [6, 6.07) is 5.18. The Morgan fingerprint density at radius 1 is 0.673 bits per heavy atom. The van der Waals surface area contributed by atoms with E-state index >= 15 is 0 Å². The molecule has 0 N–H and O–H groups in total. The van der Waals surface area contributed by atoms with E-state index in [-0.39, 0.29) is 35.2 Å². The monoisotopic (exact) mass is 678 g/mol. The van der Waals surface area contributed by atoms with Gasteiger partial charge in [0.05, 0.1) is 43.0 Å². The molecule has 0 aliphatic heterocycles. The van der Waals surface area contributed by atoms with Crippen LogP contribution in [0.2, 0.25) is 0 Å². The molecule has 16 heteroatoms. The van der Waals surface area contributed by atoms with Crippen LogP contribution in [-0.2, 0) is 9.47 Å². The fourth-order valence-electron chi connectivity index (χ4n) is 8.45. The Labute approximate surface area is 279 Å². The number of ether oxygens (including phenoxy) is 2. The number of non-ortho nitro benzene ring substituents is 4. The van der Waals surface area contributed by atoms with E-state index in [1.807, 2.05) is 13.8 Å². The maximum atomic E-state index is 13.4. The maximum Gasteiger partial charge on any atom is 0.338 e. The first-order valence-corrected chi connectivity index (χ1v) is 15.3. The lowest BCUT2D eigenvalue weighted by Crippen LogP contribution is -2.48. The van der Waals surface area contributed by atoms with Crippen molar-refractivity contribution in [2.45, 2.75) is 60.3 Å². The predicted molar refractivity (Wildman–Crippen MR) is 172 cm³/mol. The van der Waals surface area contributed by atoms with Gasteiger partial charge in [0.25, 0.3) is 22.7 Å². The quantitative estimate of drug-likeness (QED) is 0.138. The average Bonchev–Trinajstić information content (AvgIpc) is 3.25. The number of benzene rings is 2. The van der Waals surface area contributed by atoms with E-state index in [1.54, 1.807) is 0 Å². The zero-order chi connectivity index (χ0) is 36.3. The predicted octanol–water partition coefficient (Wildman–Crippen LogP) is 7.20. The van der Waals surface area contributed by atoms with E-state index in [0.29, 0.717) is 19.3 Å².